The third-order valence-electron chi connectivity index (χ3n) is 9.04. The van der Waals surface area contributed by atoms with Gasteiger partial charge in [0.2, 0.25) is 11.8 Å². The van der Waals surface area contributed by atoms with E-state index in [-0.39, 0.29) is 70.6 Å². The number of thioether (sulfide) groups is 1. The summed E-state index contributed by atoms with van der Waals surface area (Å²) in [4.78, 5) is 97.0. The Morgan fingerprint density at radius 1 is 0.926 bits per heavy atom. The Bertz CT molecular complexity index is 2590. The lowest BCUT2D eigenvalue weighted by Crippen LogP contribution is -2.46. The number of nitrogens with one attached hydrogen (secondary N) is 2. The molecule has 0 saturated carbocycles. The van der Waals surface area contributed by atoms with Gasteiger partial charge in [-0.1, -0.05) is 25.6 Å². The van der Waals surface area contributed by atoms with Crippen LogP contribution in [-0.2, 0) is 55.5 Å². The number of hydrogen-bond acceptors (Lipinski definition) is 23. The predicted molar refractivity (Wildman–Crippen MR) is 230 cm³/mol. The van der Waals surface area contributed by atoms with Crippen LogP contribution in [0.25, 0.3) is 21.9 Å². The van der Waals surface area contributed by atoms with Gasteiger partial charge in [0.25, 0.3) is 0 Å². The monoisotopic (exact) mass is 1050 g/mol. The standard InChI is InChI=1S/C24H38N7O19P3S.C10H8O4/c1-24(2,19(37)22(38)27-4-3-13(32)26-5-6-54-15(35)7-14(33)34)9-47-53(44,45)50-52(42,43)46-8-12-18(49-51(39,40)41)17(36)23(48-12)31-11-30-16-20(25)28-10-29-21(16)31;11-6-1-5-2-7(12)4-9(14)10(5)8(13)3-6/h10-12,17-19,23,36-37H,3-9H2,1-2H3,(H,26,32)(H,27,38)(H,33,34)(H,42,43)(H,44,45)(H2,25,28,29)(H2,39,40,41);1-4,11-14H/t12-,17-,18-,19+,23-;/m1./s1. The molecule has 30 nitrogen and oxygen atoms in total. The number of carbonyl (C=O) groups is 4. The number of aliphatic carboxylic acids is 1. The molecule has 68 heavy (non-hydrogen) atoms. The summed E-state index contributed by atoms with van der Waals surface area (Å²) in [5.41, 5.74) is 4.19. The van der Waals surface area contributed by atoms with Gasteiger partial charge in [0.1, 0.15) is 65.7 Å². The first kappa shape index (κ1) is 55.5. The van der Waals surface area contributed by atoms with Crippen molar-refractivity contribution in [2.45, 2.75) is 57.3 Å². The van der Waals surface area contributed by atoms with E-state index in [1.807, 2.05) is 0 Å². The Morgan fingerprint density at radius 3 is 2.15 bits per heavy atom. The molecule has 1 fully saturated rings. The van der Waals surface area contributed by atoms with Crippen LogP contribution in [0.1, 0.15) is 32.9 Å². The largest absolute Gasteiger partial charge is 0.508 e. The summed E-state index contributed by atoms with van der Waals surface area (Å²) in [6.45, 7) is 0.132. The van der Waals surface area contributed by atoms with Gasteiger partial charge in [-0.05, 0) is 17.5 Å². The van der Waals surface area contributed by atoms with Crippen LogP contribution in [0.3, 0.4) is 0 Å². The van der Waals surface area contributed by atoms with Gasteiger partial charge in [-0.2, -0.15) is 4.31 Å². The Hall–Kier alpha value is -5.07. The summed E-state index contributed by atoms with van der Waals surface area (Å²) < 4.78 is 61.8. The molecule has 0 radical (unpaired) electrons. The van der Waals surface area contributed by atoms with Gasteiger partial charge in [0, 0.05) is 42.8 Å². The summed E-state index contributed by atoms with van der Waals surface area (Å²) in [6, 6.07) is 4.93. The molecular formula is C34H46N7O23P3S. The van der Waals surface area contributed by atoms with Gasteiger partial charge < -0.3 is 76.4 Å². The summed E-state index contributed by atoms with van der Waals surface area (Å²) in [5.74, 6) is -3.49. The minimum Gasteiger partial charge on any atom is -0.508 e. The maximum atomic E-state index is 12.6. The molecule has 1 aliphatic heterocycles. The topological polar surface area (TPSA) is 482 Å². The Morgan fingerprint density at radius 2 is 1.54 bits per heavy atom. The number of rotatable bonds is 21. The summed E-state index contributed by atoms with van der Waals surface area (Å²) in [7, 11) is -16.4. The average Bonchev–Trinajstić information content (AvgIpc) is 3.77. The lowest BCUT2D eigenvalue weighted by molar-refractivity contribution is -0.139. The highest BCUT2D eigenvalue weighted by atomic mass is 32.2. The summed E-state index contributed by atoms with van der Waals surface area (Å²) in [5, 5.41) is 71.8. The molecule has 0 bridgehead atoms. The van der Waals surface area contributed by atoms with Crippen LogP contribution in [0.15, 0.2) is 36.9 Å². The van der Waals surface area contributed by atoms with Gasteiger partial charge in [0.05, 0.1) is 24.9 Å². The molecule has 0 spiro atoms. The summed E-state index contributed by atoms with van der Waals surface area (Å²) in [6.07, 6.45) is -7.78. The number of phenols is 4. The number of aromatic hydroxyl groups is 4. The van der Waals surface area contributed by atoms with Gasteiger partial charge in [-0.15, -0.1) is 0 Å². The van der Waals surface area contributed by atoms with Crippen molar-refractivity contribution in [3.63, 3.8) is 0 Å². The van der Waals surface area contributed by atoms with Crippen molar-refractivity contribution in [1.29, 1.82) is 0 Å². The molecule has 2 amide bonds. The van der Waals surface area contributed by atoms with E-state index >= 15 is 0 Å². The zero-order valence-electron chi connectivity index (χ0n) is 35.2. The molecule has 376 valence electrons. The molecule has 7 atom stereocenters. The fourth-order valence-electron chi connectivity index (χ4n) is 5.91. The van der Waals surface area contributed by atoms with Crippen molar-refractivity contribution >= 4 is 85.9 Å². The number of ether oxygens (including phenoxy) is 1. The molecule has 2 aromatic heterocycles. The van der Waals surface area contributed by atoms with Gasteiger partial charge in [-0.25, -0.2) is 28.6 Å². The number of benzene rings is 2. The molecule has 4 aromatic rings. The third-order valence-corrected chi connectivity index (χ3v) is 13.0. The quantitative estimate of drug-likeness (QED) is 0.0292. The van der Waals surface area contributed by atoms with Crippen LogP contribution in [-0.4, -0.2) is 154 Å². The molecule has 0 aliphatic carbocycles. The first-order valence-corrected chi connectivity index (χ1v) is 24.6. The molecule has 34 heteroatoms. The molecule has 2 unspecified atom stereocenters. The molecular weight excluding hydrogens is 999 g/mol. The number of nitrogen functional groups attached to an aromatic ring is 1. The Balaban J connectivity index is 0.000000607. The minimum absolute atomic E-state index is 0.0185. The molecule has 1 aliphatic rings. The fraction of sp³-hybridized carbons (Fsp3) is 0.441. The lowest BCUT2D eigenvalue weighted by atomic mass is 9.87. The van der Waals surface area contributed by atoms with Crippen molar-refractivity contribution in [2.24, 2.45) is 5.41 Å². The highest BCUT2D eigenvalue weighted by Crippen LogP contribution is 2.61. The Kier molecular flexibility index (Phi) is 18.8. The summed E-state index contributed by atoms with van der Waals surface area (Å²) >= 11 is 0.718. The minimum atomic E-state index is -5.59. The van der Waals surface area contributed by atoms with Crippen LogP contribution in [0.5, 0.6) is 23.0 Å². The zero-order valence-corrected chi connectivity index (χ0v) is 38.7. The van der Waals surface area contributed by atoms with Crippen molar-refractivity contribution in [3.05, 3.63) is 36.9 Å². The second-order valence-electron chi connectivity index (χ2n) is 14.9. The van der Waals surface area contributed by atoms with Crippen LogP contribution in [0.4, 0.5) is 5.82 Å². The van der Waals surface area contributed by atoms with Crippen LogP contribution in [0, 0.1) is 5.41 Å². The second-order valence-corrected chi connectivity index (χ2v) is 20.3. The van der Waals surface area contributed by atoms with Crippen LogP contribution >= 0.6 is 35.2 Å². The number of imidazole rings is 1. The van der Waals surface area contributed by atoms with Crippen LogP contribution in [0.2, 0.25) is 0 Å². The number of aliphatic hydroxyl groups excluding tert-OH is 2. The number of anilines is 1. The van der Waals surface area contributed by atoms with E-state index in [2.05, 4.69) is 34.4 Å². The molecule has 1 saturated heterocycles. The molecule has 2 aromatic carbocycles. The SMILES string of the molecule is CC(C)(COP(=O)(O)OP(=O)(O)OC[C@H]1O[C@@H](n2cnc3c(N)ncnc32)[C@H](O)[C@@H]1OP(=O)(O)O)[C@@H](O)C(=O)NCCC(=O)NCCSC(=O)CC(=O)O.Oc1cc(O)c2c(O)cc(O)cc2c1. The molecule has 5 rings (SSSR count). The highest BCUT2D eigenvalue weighted by Gasteiger charge is 2.50. The van der Waals surface area contributed by atoms with Gasteiger partial charge >= 0.3 is 29.4 Å². The van der Waals surface area contributed by atoms with Gasteiger partial charge in [0.15, 0.2) is 22.8 Å². The number of phosphoric acid groups is 3. The number of phosphoric ester groups is 3. The number of aliphatic hydroxyl groups is 2. The highest BCUT2D eigenvalue weighted by molar-refractivity contribution is 8.13. The number of hydrogen-bond donors (Lipinski definition) is 14. The van der Waals surface area contributed by atoms with Crippen molar-refractivity contribution in [3.8, 4) is 23.0 Å². The number of carbonyl (C=O) groups excluding carboxylic acids is 3. The van der Waals surface area contributed by atoms with E-state index in [0.29, 0.717) is 5.39 Å². The van der Waals surface area contributed by atoms with E-state index < -0.39 is 102 Å². The molecule has 3 heterocycles. The number of fused-ring (bicyclic) bond motifs is 2. The maximum absolute atomic E-state index is 12.6. The zero-order chi connectivity index (χ0) is 50.9. The van der Waals surface area contributed by atoms with E-state index in [0.717, 1.165) is 41.1 Å². The number of aromatic nitrogens is 4. The van der Waals surface area contributed by atoms with Gasteiger partial charge in [-0.3, -0.25) is 37.3 Å². The Labute approximate surface area is 386 Å². The van der Waals surface area contributed by atoms with E-state index in [1.54, 1.807) is 0 Å². The van der Waals surface area contributed by atoms with E-state index in [9.17, 15) is 72.9 Å². The number of amides is 2. The first-order valence-electron chi connectivity index (χ1n) is 19.1. The number of carboxylic acid groups (broad SMARTS) is 1. The molecule has 15 N–H and O–H groups in total. The average molecular weight is 1050 g/mol. The smallest absolute Gasteiger partial charge is 0.481 e. The van der Waals surface area contributed by atoms with Crippen molar-refractivity contribution in [1.82, 2.24) is 30.2 Å². The number of nitrogens with zero attached hydrogens (tertiary/aromatic N) is 4. The van der Waals surface area contributed by atoms with Crippen molar-refractivity contribution in [2.75, 3.05) is 37.8 Å². The fourth-order valence-corrected chi connectivity index (χ4v) is 9.40. The second kappa shape index (κ2) is 23.0. The lowest BCUT2D eigenvalue weighted by Gasteiger charge is -2.30. The van der Waals surface area contributed by atoms with Crippen LogP contribution < -0.4 is 16.4 Å². The number of nitrogens with two attached hydrogens (primary N) is 1. The number of carboxylic acids is 1. The van der Waals surface area contributed by atoms with E-state index in [4.69, 9.17) is 34.8 Å². The predicted octanol–water partition coefficient (Wildman–Crippen LogP) is -0.198. The van der Waals surface area contributed by atoms with E-state index in [1.165, 1.54) is 26.0 Å². The first-order chi connectivity index (χ1) is 31.5. The third kappa shape index (κ3) is 16.0. The maximum Gasteiger partial charge on any atom is 0.481 e. The normalized spacial score (nSPS) is 19.6. The number of phenolic OH excluding ortho intramolecular Hbond substituents is 4. The van der Waals surface area contributed by atoms with Crippen molar-refractivity contribution < 1.29 is 111 Å².